The van der Waals surface area contributed by atoms with E-state index in [1.54, 1.807) is 22.9 Å². The molecule has 0 unspecified atom stereocenters. The number of piperidine rings is 1. The number of likely N-dealkylation sites (tertiary alicyclic amines) is 1. The molecule has 6 nitrogen and oxygen atoms in total. The van der Waals surface area contributed by atoms with Gasteiger partial charge in [-0.1, -0.05) is 24.1 Å². The molecule has 0 spiro atoms. The number of benzene rings is 1. The lowest BCUT2D eigenvalue weighted by Gasteiger charge is -2.27. The number of hydrogen-bond donors (Lipinski definition) is 1. The van der Waals surface area contributed by atoms with E-state index in [1.165, 1.54) is 13.5 Å². The minimum absolute atomic E-state index is 0.0886. The molecule has 1 aliphatic heterocycles. The van der Waals surface area contributed by atoms with Crippen molar-refractivity contribution in [2.24, 2.45) is 0 Å². The summed E-state index contributed by atoms with van der Waals surface area (Å²) in [5.41, 5.74) is 2.24. The number of rotatable bonds is 6. The fourth-order valence-electron chi connectivity index (χ4n) is 3.40. The van der Waals surface area contributed by atoms with Crippen LogP contribution in [0.2, 0.25) is 5.02 Å². The van der Waals surface area contributed by atoms with E-state index in [1.807, 2.05) is 19.1 Å². The molecule has 1 N–H and O–H groups in total. The van der Waals surface area contributed by atoms with Crippen LogP contribution in [-0.4, -0.2) is 35.6 Å². The Morgan fingerprint density at radius 2 is 1.96 bits per heavy atom. The minimum Gasteiger partial charge on any atom is -0.491 e. The number of pyridine rings is 1. The standard InChI is InChI=1S/C21H26ClN3O3/c1-15-6-7-16(10-18(15)22)23-21(27)14-25-13-20(28-2)19(26)11-17(25)12-24-8-4-3-5-9-24/h6-7,10-11,13H,3-5,8-9,12,14H2,1-2H3,(H,23,27). The Morgan fingerprint density at radius 3 is 2.64 bits per heavy atom. The number of carbonyl (C=O) groups is 1. The highest BCUT2D eigenvalue weighted by Crippen LogP contribution is 2.20. The maximum Gasteiger partial charge on any atom is 0.244 e. The third-order valence-corrected chi connectivity index (χ3v) is 5.41. The van der Waals surface area contributed by atoms with Gasteiger partial charge < -0.3 is 14.6 Å². The number of ether oxygens (including phenoxy) is 1. The first-order valence-corrected chi connectivity index (χ1v) is 9.90. The van der Waals surface area contributed by atoms with Crippen molar-refractivity contribution in [1.29, 1.82) is 0 Å². The van der Waals surface area contributed by atoms with Crippen LogP contribution in [0.1, 0.15) is 30.5 Å². The van der Waals surface area contributed by atoms with Gasteiger partial charge in [0.25, 0.3) is 0 Å². The number of nitrogens with one attached hydrogen (secondary N) is 1. The van der Waals surface area contributed by atoms with Gasteiger partial charge in [-0.15, -0.1) is 0 Å². The molecule has 1 saturated heterocycles. The number of nitrogens with zero attached hydrogens (tertiary/aromatic N) is 2. The molecule has 7 heteroatoms. The predicted molar refractivity (Wildman–Crippen MR) is 111 cm³/mol. The third kappa shape index (κ3) is 5.14. The summed E-state index contributed by atoms with van der Waals surface area (Å²) in [6.45, 7) is 4.66. The van der Waals surface area contributed by atoms with Crippen molar-refractivity contribution in [3.63, 3.8) is 0 Å². The van der Waals surface area contributed by atoms with Crippen LogP contribution in [0, 0.1) is 6.92 Å². The van der Waals surface area contributed by atoms with E-state index < -0.39 is 0 Å². The first-order chi connectivity index (χ1) is 13.5. The van der Waals surface area contributed by atoms with Gasteiger partial charge in [0.15, 0.2) is 5.75 Å². The SMILES string of the molecule is COc1cn(CC(=O)Nc2ccc(C)c(Cl)c2)c(CN2CCCCC2)cc1=O. The van der Waals surface area contributed by atoms with E-state index in [0.717, 1.165) is 37.2 Å². The number of halogens is 1. The maximum atomic E-state index is 12.6. The first kappa shape index (κ1) is 20.4. The maximum absolute atomic E-state index is 12.6. The third-order valence-electron chi connectivity index (χ3n) is 5.01. The molecular weight excluding hydrogens is 378 g/mol. The van der Waals surface area contributed by atoms with Gasteiger partial charge in [0.2, 0.25) is 11.3 Å². The lowest BCUT2D eigenvalue weighted by Crippen LogP contribution is -2.32. The van der Waals surface area contributed by atoms with Crippen molar-refractivity contribution in [2.75, 3.05) is 25.5 Å². The summed E-state index contributed by atoms with van der Waals surface area (Å²) < 4.78 is 6.95. The van der Waals surface area contributed by atoms with Crippen LogP contribution in [0.5, 0.6) is 5.75 Å². The molecule has 150 valence electrons. The van der Waals surface area contributed by atoms with Gasteiger partial charge >= 0.3 is 0 Å². The smallest absolute Gasteiger partial charge is 0.244 e. The molecule has 2 aromatic rings. The average Bonchev–Trinajstić information content (AvgIpc) is 2.67. The molecule has 1 fully saturated rings. The zero-order valence-corrected chi connectivity index (χ0v) is 17.1. The molecule has 1 amide bonds. The second-order valence-corrected chi connectivity index (χ2v) is 7.58. The highest BCUT2D eigenvalue weighted by Gasteiger charge is 2.16. The zero-order chi connectivity index (χ0) is 20.1. The van der Waals surface area contributed by atoms with Gasteiger partial charge in [-0.3, -0.25) is 14.5 Å². The number of anilines is 1. The van der Waals surface area contributed by atoms with E-state index in [-0.39, 0.29) is 23.6 Å². The molecule has 0 bridgehead atoms. The van der Waals surface area contributed by atoms with E-state index in [9.17, 15) is 9.59 Å². The largest absolute Gasteiger partial charge is 0.491 e. The van der Waals surface area contributed by atoms with Gasteiger partial charge in [0, 0.05) is 29.0 Å². The second-order valence-electron chi connectivity index (χ2n) is 7.17. The quantitative estimate of drug-likeness (QED) is 0.802. The Kier molecular flexibility index (Phi) is 6.75. The van der Waals surface area contributed by atoms with Crippen molar-refractivity contribution >= 4 is 23.2 Å². The number of aromatic nitrogens is 1. The van der Waals surface area contributed by atoms with E-state index >= 15 is 0 Å². The van der Waals surface area contributed by atoms with E-state index in [4.69, 9.17) is 16.3 Å². The number of methoxy groups -OCH3 is 1. The molecule has 3 rings (SSSR count). The van der Waals surface area contributed by atoms with E-state index in [2.05, 4.69) is 10.2 Å². The first-order valence-electron chi connectivity index (χ1n) is 9.52. The fourth-order valence-corrected chi connectivity index (χ4v) is 3.58. The van der Waals surface area contributed by atoms with Gasteiger partial charge in [0.05, 0.1) is 13.3 Å². The fraction of sp³-hybridized carbons (Fsp3) is 0.429. The summed E-state index contributed by atoms with van der Waals surface area (Å²) in [5.74, 6) is 0.0408. The molecule has 0 radical (unpaired) electrons. The van der Waals surface area contributed by atoms with Gasteiger partial charge in [-0.05, 0) is 50.6 Å². The summed E-state index contributed by atoms with van der Waals surface area (Å²) in [4.78, 5) is 27.2. The molecule has 28 heavy (non-hydrogen) atoms. The molecular formula is C21H26ClN3O3. The Morgan fingerprint density at radius 1 is 1.21 bits per heavy atom. The van der Waals surface area contributed by atoms with E-state index in [0.29, 0.717) is 17.3 Å². The lowest BCUT2D eigenvalue weighted by molar-refractivity contribution is -0.116. The summed E-state index contributed by atoms with van der Waals surface area (Å²) in [6, 6.07) is 6.99. The summed E-state index contributed by atoms with van der Waals surface area (Å²) >= 11 is 6.13. The summed E-state index contributed by atoms with van der Waals surface area (Å²) in [7, 11) is 1.46. The summed E-state index contributed by atoms with van der Waals surface area (Å²) in [6.07, 6.45) is 5.18. The van der Waals surface area contributed by atoms with Crippen molar-refractivity contribution in [2.45, 2.75) is 39.3 Å². The van der Waals surface area contributed by atoms with Crippen LogP contribution in [0.4, 0.5) is 5.69 Å². The highest BCUT2D eigenvalue weighted by atomic mass is 35.5. The Labute approximate surface area is 170 Å². The molecule has 0 saturated carbocycles. The minimum atomic E-state index is -0.189. The van der Waals surface area contributed by atoms with Crippen LogP contribution in [0.15, 0.2) is 35.3 Å². The monoisotopic (exact) mass is 403 g/mol. The number of amides is 1. The van der Waals surface area contributed by atoms with Crippen LogP contribution in [-0.2, 0) is 17.9 Å². The Bertz CT molecular complexity index is 904. The highest BCUT2D eigenvalue weighted by molar-refractivity contribution is 6.31. The molecule has 1 aromatic heterocycles. The van der Waals surface area contributed by atoms with Crippen LogP contribution >= 0.6 is 11.6 Å². The predicted octanol–water partition coefficient (Wildman–Crippen LogP) is 3.44. The topological polar surface area (TPSA) is 63.6 Å². The van der Waals surface area contributed by atoms with Crippen LogP contribution in [0.3, 0.4) is 0 Å². The Balaban J connectivity index is 1.78. The molecule has 0 aliphatic carbocycles. The molecule has 1 aliphatic rings. The van der Waals surface area contributed by atoms with Crippen LogP contribution in [0.25, 0.3) is 0 Å². The number of hydrogen-bond acceptors (Lipinski definition) is 4. The van der Waals surface area contributed by atoms with Gasteiger partial charge in [-0.25, -0.2) is 0 Å². The van der Waals surface area contributed by atoms with Crippen molar-refractivity contribution in [1.82, 2.24) is 9.47 Å². The average molecular weight is 404 g/mol. The van der Waals surface area contributed by atoms with Gasteiger partial charge in [-0.2, -0.15) is 0 Å². The van der Waals surface area contributed by atoms with Crippen molar-refractivity contribution in [3.8, 4) is 5.75 Å². The number of aryl methyl sites for hydroxylation is 1. The van der Waals surface area contributed by atoms with Crippen molar-refractivity contribution < 1.29 is 9.53 Å². The lowest BCUT2D eigenvalue weighted by atomic mass is 10.1. The summed E-state index contributed by atoms with van der Waals surface area (Å²) in [5, 5.41) is 3.47. The van der Waals surface area contributed by atoms with Crippen LogP contribution < -0.4 is 15.5 Å². The van der Waals surface area contributed by atoms with Crippen molar-refractivity contribution in [3.05, 3.63) is 57.0 Å². The zero-order valence-electron chi connectivity index (χ0n) is 16.3. The molecule has 0 atom stereocenters. The van der Waals surface area contributed by atoms with Gasteiger partial charge in [0.1, 0.15) is 6.54 Å². The second kappa shape index (κ2) is 9.26. The molecule has 2 heterocycles. The molecule has 1 aromatic carbocycles. The normalized spacial score (nSPS) is 14.7. The number of carbonyl (C=O) groups excluding carboxylic acids is 1. The Hall–Kier alpha value is -2.31.